The van der Waals surface area contributed by atoms with Crippen molar-refractivity contribution in [3.8, 4) is 0 Å². The fourth-order valence-electron chi connectivity index (χ4n) is 3.10. The van der Waals surface area contributed by atoms with Gasteiger partial charge in [-0.3, -0.25) is 14.6 Å². The number of anilines is 1. The van der Waals surface area contributed by atoms with E-state index in [2.05, 4.69) is 15.6 Å². The maximum Gasteiger partial charge on any atom is 0.227 e. The monoisotopic (exact) mass is 359 g/mol. The molecule has 3 aromatic rings. The van der Waals surface area contributed by atoms with Gasteiger partial charge in [-0.05, 0) is 42.2 Å². The Balaban J connectivity index is 1.37. The molecule has 1 fully saturated rings. The molecule has 0 aliphatic heterocycles. The molecule has 1 aliphatic carbocycles. The first-order chi connectivity index (χ1) is 13.2. The van der Waals surface area contributed by atoms with Gasteiger partial charge in [0.2, 0.25) is 11.8 Å². The lowest BCUT2D eigenvalue weighted by Crippen LogP contribution is -2.24. The Morgan fingerprint density at radius 1 is 1.04 bits per heavy atom. The lowest BCUT2D eigenvalue weighted by molar-refractivity contribution is -0.120. The average molecular weight is 359 g/mol. The minimum Gasteiger partial charge on any atom is -0.352 e. The number of carbonyl (C=O) groups excluding carboxylic acids is 2. The van der Waals surface area contributed by atoms with Gasteiger partial charge in [-0.25, -0.2) is 0 Å². The third kappa shape index (κ3) is 4.31. The average Bonchev–Trinajstić information content (AvgIpc) is 3.52. The Bertz CT molecular complexity index is 990. The minimum atomic E-state index is -0.0550. The maximum absolute atomic E-state index is 12.4. The fraction of sp³-hybridized carbons (Fsp3) is 0.227. The van der Waals surface area contributed by atoms with Crippen LogP contribution in [-0.4, -0.2) is 16.8 Å². The summed E-state index contributed by atoms with van der Waals surface area (Å²) in [6, 6.07) is 17.3. The van der Waals surface area contributed by atoms with E-state index in [1.807, 2.05) is 54.6 Å². The highest BCUT2D eigenvalue weighted by atomic mass is 16.2. The predicted octanol–water partition coefficient (Wildman–Crippen LogP) is 3.44. The molecule has 0 spiro atoms. The highest BCUT2D eigenvalue weighted by Gasteiger charge is 2.29. The van der Waals surface area contributed by atoms with Crippen LogP contribution in [0.1, 0.15) is 24.0 Å². The van der Waals surface area contributed by atoms with Crippen molar-refractivity contribution in [2.24, 2.45) is 5.92 Å². The van der Waals surface area contributed by atoms with Crippen molar-refractivity contribution in [1.82, 2.24) is 10.3 Å². The van der Waals surface area contributed by atoms with Crippen LogP contribution >= 0.6 is 0 Å². The van der Waals surface area contributed by atoms with E-state index in [4.69, 9.17) is 0 Å². The summed E-state index contributed by atoms with van der Waals surface area (Å²) in [7, 11) is 0. The number of rotatable bonds is 6. The minimum absolute atomic E-state index is 0.0550. The molecule has 136 valence electrons. The molecule has 2 aromatic carbocycles. The number of benzene rings is 2. The second kappa shape index (κ2) is 7.58. The molecule has 5 heteroatoms. The van der Waals surface area contributed by atoms with Crippen molar-refractivity contribution in [3.05, 3.63) is 71.9 Å². The van der Waals surface area contributed by atoms with E-state index in [1.165, 1.54) is 0 Å². The Hall–Kier alpha value is -3.21. The number of nitrogens with zero attached hydrogens (tertiary/aromatic N) is 1. The summed E-state index contributed by atoms with van der Waals surface area (Å²) in [5.74, 6) is 0.197. The molecular weight excluding hydrogens is 338 g/mol. The van der Waals surface area contributed by atoms with Crippen molar-refractivity contribution in [2.75, 3.05) is 5.32 Å². The van der Waals surface area contributed by atoms with Gasteiger partial charge in [0.05, 0.1) is 11.9 Å². The van der Waals surface area contributed by atoms with E-state index in [-0.39, 0.29) is 24.2 Å². The lowest BCUT2D eigenvalue weighted by atomic mass is 10.1. The molecule has 1 saturated carbocycles. The SMILES string of the molecule is O=C(Cc1cccc2cccnc12)NCc1cccc(NC(=O)C2CC2)c1. The normalized spacial score (nSPS) is 13.3. The van der Waals surface area contributed by atoms with Crippen LogP contribution in [0, 0.1) is 5.92 Å². The molecule has 1 heterocycles. The number of aromatic nitrogens is 1. The molecule has 27 heavy (non-hydrogen) atoms. The number of fused-ring (bicyclic) bond motifs is 1. The van der Waals surface area contributed by atoms with Crippen LogP contribution in [0.5, 0.6) is 0 Å². The smallest absolute Gasteiger partial charge is 0.227 e. The number of carbonyl (C=O) groups is 2. The molecule has 0 radical (unpaired) electrons. The first kappa shape index (κ1) is 17.2. The van der Waals surface area contributed by atoms with Crippen LogP contribution in [0.25, 0.3) is 10.9 Å². The quantitative estimate of drug-likeness (QED) is 0.708. The summed E-state index contributed by atoms with van der Waals surface area (Å²) < 4.78 is 0. The maximum atomic E-state index is 12.4. The molecule has 4 rings (SSSR count). The largest absolute Gasteiger partial charge is 0.352 e. The predicted molar refractivity (Wildman–Crippen MR) is 105 cm³/mol. The summed E-state index contributed by atoms with van der Waals surface area (Å²) in [5, 5.41) is 6.91. The van der Waals surface area contributed by atoms with Crippen molar-refractivity contribution >= 4 is 28.4 Å². The van der Waals surface area contributed by atoms with E-state index < -0.39 is 0 Å². The molecule has 0 unspecified atom stereocenters. The first-order valence-corrected chi connectivity index (χ1v) is 9.18. The Labute approximate surface area is 157 Å². The summed E-state index contributed by atoms with van der Waals surface area (Å²) in [6.45, 7) is 0.421. The highest BCUT2D eigenvalue weighted by Crippen LogP contribution is 2.30. The van der Waals surface area contributed by atoms with Gasteiger partial charge in [0.15, 0.2) is 0 Å². The zero-order valence-electron chi connectivity index (χ0n) is 14.9. The van der Waals surface area contributed by atoms with Crippen molar-refractivity contribution in [2.45, 2.75) is 25.8 Å². The van der Waals surface area contributed by atoms with Crippen LogP contribution in [0.15, 0.2) is 60.8 Å². The molecule has 0 saturated heterocycles. The number of hydrogen-bond donors (Lipinski definition) is 2. The standard InChI is InChI=1S/C22H21N3O2/c26-20(13-18-6-2-5-16-7-3-11-23-21(16)18)24-14-15-4-1-8-19(12-15)25-22(27)17-9-10-17/h1-8,11-12,17H,9-10,13-14H2,(H,24,26)(H,25,27). The van der Waals surface area contributed by atoms with Crippen molar-refractivity contribution < 1.29 is 9.59 Å². The molecule has 5 nitrogen and oxygen atoms in total. The van der Waals surface area contributed by atoms with Crippen molar-refractivity contribution in [3.63, 3.8) is 0 Å². The number of amides is 2. The second-order valence-electron chi connectivity index (χ2n) is 6.91. The van der Waals surface area contributed by atoms with Crippen LogP contribution in [0.2, 0.25) is 0 Å². The van der Waals surface area contributed by atoms with E-state index in [1.54, 1.807) is 6.20 Å². The highest BCUT2D eigenvalue weighted by molar-refractivity contribution is 5.94. The van der Waals surface area contributed by atoms with Gasteiger partial charge >= 0.3 is 0 Å². The van der Waals surface area contributed by atoms with Crippen LogP contribution < -0.4 is 10.6 Å². The number of hydrogen-bond acceptors (Lipinski definition) is 3. The molecular formula is C22H21N3O2. The molecule has 1 aliphatic rings. The van der Waals surface area contributed by atoms with E-state index >= 15 is 0 Å². The third-order valence-electron chi connectivity index (χ3n) is 4.70. The Morgan fingerprint density at radius 2 is 1.85 bits per heavy atom. The lowest BCUT2D eigenvalue weighted by Gasteiger charge is -2.09. The Morgan fingerprint density at radius 3 is 2.70 bits per heavy atom. The molecule has 1 aromatic heterocycles. The van der Waals surface area contributed by atoms with Gasteiger partial charge in [0, 0.05) is 29.7 Å². The van der Waals surface area contributed by atoms with E-state index in [9.17, 15) is 9.59 Å². The summed E-state index contributed by atoms with van der Waals surface area (Å²) >= 11 is 0. The summed E-state index contributed by atoms with van der Waals surface area (Å²) in [4.78, 5) is 28.6. The first-order valence-electron chi connectivity index (χ1n) is 9.18. The van der Waals surface area contributed by atoms with Gasteiger partial charge < -0.3 is 10.6 Å². The summed E-state index contributed by atoms with van der Waals surface area (Å²) in [5.41, 5.74) is 3.50. The van der Waals surface area contributed by atoms with Crippen LogP contribution in [0.3, 0.4) is 0 Å². The van der Waals surface area contributed by atoms with Gasteiger partial charge in [-0.2, -0.15) is 0 Å². The van der Waals surface area contributed by atoms with E-state index in [0.29, 0.717) is 6.54 Å². The fourth-order valence-corrected chi connectivity index (χ4v) is 3.10. The van der Waals surface area contributed by atoms with E-state index in [0.717, 1.165) is 40.6 Å². The molecule has 0 bridgehead atoms. The number of para-hydroxylation sites is 1. The molecule has 2 N–H and O–H groups in total. The number of pyridine rings is 1. The van der Waals surface area contributed by atoms with Gasteiger partial charge in [-0.1, -0.05) is 36.4 Å². The van der Waals surface area contributed by atoms with Gasteiger partial charge in [-0.15, -0.1) is 0 Å². The van der Waals surface area contributed by atoms with Crippen LogP contribution in [-0.2, 0) is 22.6 Å². The zero-order valence-corrected chi connectivity index (χ0v) is 14.9. The van der Waals surface area contributed by atoms with Crippen molar-refractivity contribution in [1.29, 1.82) is 0 Å². The van der Waals surface area contributed by atoms with Crippen LogP contribution in [0.4, 0.5) is 5.69 Å². The molecule has 2 amide bonds. The number of nitrogens with one attached hydrogen (secondary N) is 2. The zero-order chi connectivity index (χ0) is 18.6. The summed E-state index contributed by atoms with van der Waals surface area (Å²) in [6.07, 6.45) is 3.98. The second-order valence-corrected chi connectivity index (χ2v) is 6.91. The topological polar surface area (TPSA) is 71.1 Å². The van der Waals surface area contributed by atoms with Gasteiger partial charge in [0.25, 0.3) is 0 Å². The molecule has 0 atom stereocenters. The van der Waals surface area contributed by atoms with Gasteiger partial charge in [0.1, 0.15) is 0 Å². The Kier molecular flexibility index (Phi) is 4.83. The third-order valence-corrected chi connectivity index (χ3v) is 4.70.